The summed E-state index contributed by atoms with van der Waals surface area (Å²) < 4.78 is 6.68. The number of carbonyl (C=O) groups is 1. The third kappa shape index (κ3) is 2.23. The Kier molecular flexibility index (Phi) is 3.30. The Hall–Kier alpha value is -2.48. The molecule has 108 valence electrons. The van der Waals surface area contributed by atoms with Crippen molar-refractivity contribution in [3.8, 4) is 5.95 Å². The van der Waals surface area contributed by atoms with E-state index < -0.39 is 5.97 Å². The van der Waals surface area contributed by atoms with E-state index >= 15 is 0 Å². The Labute approximate surface area is 123 Å². The lowest BCUT2D eigenvalue weighted by Crippen LogP contribution is -2.12. The molecule has 0 bridgehead atoms. The van der Waals surface area contributed by atoms with Gasteiger partial charge in [-0.15, -0.1) is 11.3 Å². The van der Waals surface area contributed by atoms with E-state index in [-0.39, 0.29) is 11.5 Å². The molecule has 3 heterocycles. The first-order valence-electron chi connectivity index (χ1n) is 6.28. The summed E-state index contributed by atoms with van der Waals surface area (Å²) >= 11 is 1.33. The molecule has 21 heavy (non-hydrogen) atoms. The zero-order valence-electron chi connectivity index (χ0n) is 11.4. The largest absolute Gasteiger partial charge is 0.465 e. The van der Waals surface area contributed by atoms with Crippen LogP contribution in [0.1, 0.15) is 23.0 Å². The second-order valence-corrected chi connectivity index (χ2v) is 5.22. The minimum atomic E-state index is -0.461. The number of ether oxygens (including phenoxy) is 1. The number of aromatic nitrogens is 4. The van der Waals surface area contributed by atoms with Crippen LogP contribution in [0.4, 0.5) is 0 Å². The predicted octanol–water partition coefficient (Wildman–Crippen LogP) is 1.52. The van der Waals surface area contributed by atoms with Gasteiger partial charge in [0.2, 0.25) is 5.95 Å². The summed E-state index contributed by atoms with van der Waals surface area (Å²) in [5.41, 5.74) is 1.34. The minimum Gasteiger partial charge on any atom is -0.465 e. The van der Waals surface area contributed by atoms with Gasteiger partial charge >= 0.3 is 5.97 Å². The zero-order chi connectivity index (χ0) is 15.0. The van der Waals surface area contributed by atoms with Gasteiger partial charge in [-0.25, -0.2) is 14.5 Å². The summed E-state index contributed by atoms with van der Waals surface area (Å²) in [4.78, 5) is 30.7. The Morgan fingerprint density at radius 2 is 2.33 bits per heavy atom. The fourth-order valence-corrected chi connectivity index (χ4v) is 2.75. The van der Waals surface area contributed by atoms with Crippen molar-refractivity contribution in [3.05, 3.63) is 39.3 Å². The number of hydrogen-bond donors (Lipinski definition) is 1. The third-order valence-electron chi connectivity index (χ3n) is 3.05. The van der Waals surface area contributed by atoms with Crippen LogP contribution < -0.4 is 5.56 Å². The molecule has 0 amide bonds. The summed E-state index contributed by atoms with van der Waals surface area (Å²) in [7, 11) is 1.32. The van der Waals surface area contributed by atoms with Crippen LogP contribution in [0.5, 0.6) is 0 Å². The van der Waals surface area contributed by atoms with E-state index in [0.717, 1.165) is 0 Å². The Balaban J connectivity index is 2.16. The first-order chi connectivity index (χ1) is 10.1. The first-order valence-corrected chi connectivity index (χ1v) is 7.16. The topological polar surface area (TPSA) is 89.9 Å². The van der Waals surface area contributed by atoms with Crippen molar-refractivity contribution in [3.63, 3.8) is 0 Å². The number of methoxy groups -OCH3 is 1. The van der Waals surface area contributed by atoms with Crippen LogP contribution in [-0.4, -0.2) is 32.8 Å². The van der Waals surface area contributed by atoms with Gasteiger partial charge < -0.3 is 4.74 Å². The van der Waals surface area contributed by atoms with Crippen LogP contribution in [0.3, 0.4) is 0 Å². The number of aromatic amines is 1. The molecule has 0 aromatic carbocycles. The monoisotopic (exact) mass is 304 g/mol. The lowest BCUT2D eigenvalue weighted by molar-refractivity contribution is 0.0599. The van der Waals surface area contributed by atoms with Gasteiger partial charge in [0.25, 0.3) is 5.56 Å². The number of aryl methyl sites for hydroxylation is 1. The van der Waals surface area contributed by atoms with Crippen LogP contribution in [0.2, 0.25) is 0 Å². The smallest absolute Gasteiger partial charge is 0.341 e. The number of nitrogens with one attached hydrogen (secondary N) is 1. The normalized spacial score (nSPS) is 11.0. The Morgan fingerprint density at radius 1 is 1.52 bits per heavy atom. The SMILES string of the molecule is CCc1nn(-c2nc3ccsc3c(=O)[nH]2)cc1C(=O)OC. The fraction of sp³-hybridized carbons (Fsp3) is 0.231. The number of fused-ring (bicyclic) bond motifs is 1. The highest BCUT2D eigenvalue weighted by Gasteiger charge is 2.17. The van der Waals surface area contributed by atoms with Gasteiger partial charge in [-0.2, -0.15) is 5.10 Å². The zero-order valence-corrected chi connectivity index (χ0v) is 12.2. The molecule has 0 atom stereocenters. The van der Waals surface area contributed by atoms with Crippen molar-refractivity contribution in [1.82, 2.24) is 19.7 Å². The van der Waals surface area contributed by atoms with Gasteiger partial charge in [-0.1, -0.05) is 6.92 Å². The number of nitrogens with zero attached hydrogens (tertiary/aromatic N) is 3. The fourth-order valence-electron chi connectivity index (χ4n) is 2.03. The molecule has 0 fully saturated rings. The van der Waals surface area contributed by atoms with Crippen LogP contribution in [0.15, 0.2) is 22.4 Å². The average molecular weight is 304 g/mol. The van der Waals surface area contributed by atoms with Gasteiger partial charge in [-0.05, 0) is 17.9 Å². The summed E-state index contributed by atoms with van der Waals surface area (Å²) in [6.45, 7) is 1.89. The predicted molar refractivity (Wildman–Crippen MR) is 78.1 cm³/mol. The van der Waals surface area contributed by atoms with E-state index in [9.17, 15) is 9.59 Å². The van der Waals surface area contributed by atoms with Crippen LogP contribution in [0.25, 0.3) is 16.2 Å². The van der Waals surface area contributed by atoms with E-state index in [1.54, 1.807) is 11.4 Å². The van der Waals surface area contributed by atoms with Crippen LogP contribution in [-0.2, 0) is 11.2 Å². The number of esters is 1. The maximum atomic E-state index is 12.0. The molecule has 0 saturated carbocycles. The maximum Gasteiger partial charge on any atom is 0.341 e. The number of H-pyrrole nitrogens is 1. The highest BCUT2D eigenvalue weighted by atomic mass is 32.1. The quantitative estimate of drug-likeness (QED) is 0.741. The molecule has 0 aliphatic rings. The van der Waals surface area contributed by atoms with Crippen LogP contribution in [0, 0.1) is 0 Å². The van der Waals surface area contributed by atoms with Gasteiger partial charge in [0.15, 0.2) is 0 Å². The van der Waals surface area contributed by atoms with E-state index in [1.807, 2.05) is 6.92 Å². The molecule has 3 aromatic rings. The highest BCUT2D eigenvalue weighted by Crippen LogP contribution is 2.16. The van der Waals surface area contributed by atoms with Gasteiger partial charge in [0.05, 0.1) is 18.3 Å². The van der Waals surface area contributed by atoms with Crippen molar-refractivity contribution in [2.45, 2.75) is 13.3 Å². The third-order valence-corrected chi connectivity index (χ3v) is 3.95. The lowest BCUT2D eigenvalue weighted by atomic mass is 10.2. The minimum absolute atomic E-state index is 0.224. The Morgan fingerprint density at radius 3 is 3.05 bits per heavy atom. The van der Waals surface area contributed by atoms with E-state index in [2.05, 4.69) is 15.1 Å². The second-order valence-electron chi connectivity index (χ2n) is 4.30. The van der Waals surface area contributed by atoms with Crippen molar-refractivity contribution in [1.29, 1.82) is 0 Å². The summed E-state index contributed by atoms with van der Waals surface area (Å²) in [6.07, 6.45) is 2.09. The molecule has 0 radical (unpaired) electrons. The molecule has 1 N–H and O–H groups in total. The van der Waals surface area contributed by atoms with Crippen molar-refractivity contribution >= 4 is 27.5 Å². The molecular weight excluding hydrogens is 292 g/mol. The van der Waals surface area contributed by atoms with Gasteiger partial charge in [0, 0.05) is 6.20 Å². The molecule has 8 heteroatoms. The second kappa shape index (κ2) is 5.13. The van der Waals surface area contributed by atoms with Crippen molar-refractivity contribution < 1.29 is 9.53 Å². The Bertz CT molecular complexity index is 877. The maximum absolute atomic E-state index is 12.0. The molecule has 0 spiro atoms. The number of carbonyl (C=O) groups excluding carboxylic acids is 1. The van der Waals surface area contributed by atoms with E-state index in [4.69, 9.17) is 4.74 Å². The number of thiophene rings is 1. The average Bonchev–Trinajstić information content (AvgIpc) is 3.12. The van der Waals surface area contributed by atoms with Crippen molar-refractivity contribution in [2.75, 3.05) is 7.11 Å². The first kappa shape index (κ1) is 13.5. The molecule has 0 aliphatic heterocycles. The summed E-state index contributed by atoms with van der Waals surface area (Å²) in [6, 6.07) is 1.77. The highest BCUT2D eigenvalue weighted by molar-refractivity contribution is 7.17. The lowest BCUT2D eigenvalue weighted by Gasteiger charge is -1.99. The van der Waals surface area contributed by atoms with E-state index in [1.165, 1.54) is 29.3 Å². The molecule has 0 unspecified atom stereocenters. The number of hydrogen-bond acceptors (Lipinski definition) is 6. The van der Waals surface area contributed by atoms with E-state index in [0.29, 0.717) is 27.9 Å². The molecule has 7 nitrogen and oxygen atoms in total. The summed E-state index contributed by atoms with van der Waals surface area (Å²) in [5.74, 6) is -0.187. The molecule has 3 rings (SSSR count). The molecular formula is C13H12N4O3S. The van der Waals surface area contributed by atoms with Crippen molar-refractivity contribution in [2.24, 2.45) is 0 Å². The standard InChI is InChI=1S/C13H12N4O3S/c1-3-8-7(12(19)20-2)6-17(16-8)13-14-9-4-5-21-10(9)11(18)15-13/h4-6H,3H2,1-2H3,(H,14,15,18). The van der Waals surface area contributed by atoms with Gasteiger partial charge in [0.1, 0.15) is 10.3 Å². The molecule has 0 aliphatic carbocycles. The van der Waals surface area contributed by atoms with Gasteiger partial charge in [-0.3, -0.25) is 9.78 Å². The number of rotatable bonds is 3. The van der Waals surface area contributed by atoms with Crippen LogP contribution >= 0.6 is 11.3 Å². The summed E-state index contributed by atoms with van der Waals surface area (Å²) in [5, 5.41) is 6.09. The molecule has 0 saturated heterocycles. The molecule has 3 aromatic heterocycles.